The minimum atomic E-state index is -1.00. The van der Waals surface area contributed by atoms with Gasteiger partial charge in [0, 0.05) is 6.54 Å². The Morgan fingerprint density at radius 1 is 1.07 bits per heavy atom. The van der Waals surface area contributed by atoms with Gasteiger partial charge >= 0.3 is 5.97 Å². The van der Waals surface area contributed by atoms with E-state index in [-0.39, 0.29) is 5.57 Å². The van der Waals surface area contributed by atoms with Gasteiger partial charge in [0.15, 0.2) is 6.10 Å². The minimum Gasteiger partial charge on any atom is -0.448 e. The maximum Gasteiger partial charge on any atom is 0.349 e. The number of aryl methyl sites for hydroxylation is 2. The zero-order valence-corrected chi connectivity index (χ0v) is 15.7. The average Bonchev–Trinajstić information content (AvgIpc) is 2.66. The van der Waals surface area contributed by atoms with Gasteiger partial charge in [-0.3, -0.25) is 4.79 Å². The molecule has 5 nitrogen and oxygen atoms in total. The quantitative estimate of drug-likeness (QED) is 0.485. The Balaban J connectivity index is 1.94. The lowest BCUT2D eigenvalue weighted by Crippen LogP contribution is -2.35. The van der Waals surface area contributed by atoms with Gasteiger partial charge in [-0.05, 0) is 38.0 Å². The first-order chi connectivity index (χ1) is 12.9. The van der Waals surface area contributed by atoms with E-state index in [4.69, 9.17) is 4.74 Å². The molecule has 1 amide bonds. The van der Waals surface area contributed by atoms with E-state index in [0.29, 0.717) is 12.1 Å². The molecular formula is C22H22N2O3. The summed E-state index contributed by atoms with van der Waals surface area (Å²) in [6.45, 7) is 5.75. The summed E-state index contributed by atoms with van der Waals surface area (Å²) in [7, 11) is 0. The van der Waals surface area contributed by atoms with Crippen LogP contribution in [0.1, 0.15) is 29.2 Å². The van der Waals surface area contributed by atoms with Crippen LogP contribution in [-0.4, -0.2) is 18.0 Å². The van der Waals surface area contributed by atoms with E-state index < -0.39 is 18.0 Å². The first kappa shape index (κ1) is 19.9. The molecule has 1 N–H and O–H groups in total. The highest BCUT2D eigenvalue weighted by atomic mass is 16.5. The number of nitrogens with zero attached hydrogens (tertiary/aromatic N) is 1. The van der Waals surface area contributed by atoms with Crippen LogP contribution in [0.25, 0.3) is 6.08 Å². The maximum atomic E-state index is 12.2. The summed E-state index contributed by atoms with van der Waals surface area (Å²) >= 11 is 0. The van der Waals surface area contributed by atoms with Gasteiger partial charge in [0.25, 0.3) is 5.91 Å². The highest BCUT2D eigenvalue weighted by Gasteiger charge is 2.20. The molecule has 0 aliphatic rings. The molecule has 5 heteroatoms. The molecule has 0 saturated heterocycles. The molecule has 27 heavy (non-hydrogen) atoms. The predicted octanol–water partition coefficient (Wildman–Crippen LogP) is 3.46. The van der Waals surface area contributed by atoms with Crippen molar-refractivity contribution in [1.82, 2.24) is 5.32 Å². The molecule has 0 aromatic heterocycles. The molecule has 0 radical (unpaired) electrons. The molecule has 0 aliphatic heterocycles. The predicted molar refractivity (Wildman–Crippen MR) is 103 cm³/mol. The number of hydrogen-bond donors (Lipinski definition) is 1. The molecule has 1 atom stereocenters. The molecule has 0 bridgehead atoms. The number of carbonyl (C=O) groups excluding carboxylic acids is 2. The number of rotatable bonds is 6. The molecule has 2 aromatic carbocycles. The number of nitriles is 1. The largest absolute Gasteiger partial charge is 0.448 e. The fourth-order valence-corrected chi connectivity index (χ4v) is 2.28. The third-order valence-electron chi connectivity index (χ3n) is 3.97. The van der Waals surface area contributed by atoms with Crippen LogP contribution in [0.2, 0.25) is 0 Å². The van der Waals surface area contributed by atoms with Crippen LogP contribution in [0.3, 0.4) is 0 Å². The zero-order chi connectivity index (χ0) is 19.8. The van der Waals surface area contributed by atoms with Crippen LogP contribution in [0.4, 0.5) is 0 Å². The molecule has 0 spiro atoms. The van der Waals surface area contributed by atoms with Gasteiger partial charge in [0.05, 0.1) is 0 Å². The standard InChI is InChI=1S/C22H22N2O3/c1-15-4-8-18(9-5-15)12-20(13-23)22(26)27-17(3)21(25)24-14-19-10-6-16(2)7-11-19/h4-12,17H,14H2,1-3H3,(H,24,25)/b20-12+/t17-/m1/s1. The molecule has 0 saturated carbocycles. The molecule has 2 rings (SSSR count). The molecule has 138 valence electrons. The third-order valence-corrected chi connectivity index (χ3v) is 3.97. The van der Waals surface area contributed by atoms with Crippen LogP contribution in [0.5, 0.6) is 0 Å². The summed E-state index contributed by atoms with van der Waals surface area (Å²) in [6, 6.07) is 17.0. The highest BCUT2D eigenvalue weighted by Crippen LogP contribution is 2.11. The molecule has 0 fully saturated rings. The van der Waals surface area contributed by atoms with E-state index in [2.05, 4.69) is 5.32 Å². The molecular weight excluding hydrogens is 340 g/mol. The van der Waals surface area contributed by atoms with Crippen LogP contribution in [-0.2, 0) is 20.9 Å². The highest BCUT2D eigenvalue weighted by molar-refractivity contribution is 5.99. The Bertz CT molecular complexity index is 875. The van der Waals surface area contributed by atoms with E-state index in [1.54, 1.807) is 12.1 Å². The summed E-state index contributed by atoms with van der Waals surface area (Å²) in [4.78, 5) is 24.3. The summed E-state index contributed by atoms with van der Waals surface area (Å²) in [6.07, 6.45) is 0.441. The van der Waals surface area contributed by atoms with Gasteiger partial charge in [0.1, 0.15) is 11.6 Å². The van der Waals surface area contributed by atoms with E-state index in [1.807, 2.05) is 56.3 Å². The second-order valence-corrected chi connectivity index (χ2v) is 6.33. The average molecular weight is 362 g/mol. The van der Waals surface area contributed by atoms with Crippen LogP contribution < -0.4 is 5.32 Å². The van der Waals surface area contributed by atoms with Crippen molar-refractivity contribution in [3.63, 3.8) is 0 Å². The van der Waals surface area contributed by atoms with Gasteiger partial charge in [-0.15, -0.1) is 0 Å². The van der Waals surface area contributed by atoms with E-state index in [9.17, 15) is 14.9 Å². The third kappa shape index (κ3) is 6.12. The Morgan fingerprint density at radius 2 is 1.63 bits per heavy atom. The summed E-state index contributed by atoms with van der Waals surface area (Å²) < 4.78 is 5.13. The van der Waals surface area contributed by atoms with Crippen molar-refractivity contribution in [3.05, 3.63) is 76.4 Å². The van der Waals surface area contributed by atoms with Crippen molar-refractivity contribution in [1.29, 1.82) is 5.26 Å². The van der Waals surface area contributed by atoms with Crippen molar-refractivity contribution >= 4 is 18.0 Å². The van der Waals surface area contributed by atoms with Gasteiger partial charge in [-0.1, -0.05) is 59.7 Å². The molecule has 2 aromatic rings. The SMILES string of the molecule is Cc1ccc(/C=C(\C#N)C(=O)O[C@H](C)C(=O)NCc2ccc(C)cc2)cc1. The smallest absolute Gasteiger partial charge is 0.349 e. The van der Waals surface area contributed by atoms with E-state index >= 15 is 0 Å². The Morgan fingerprint density at radius 3 is 2.19 bits per heavy atom. The van der Waals surface area contributed by atoms with Gasteiger partial charge in [-0.25, -0.2) is 4.79 Å². The first-order valence-electron chi connectivity index (χ1n) is 8.61. The number of hydrogen-bond acceptors (Lipinski definition) is 4. The lowest BCUT2D eigenvalue weighted by Gasteiger charge is -2.13. The lowest BCUT2D eigenvalue weighted by molar-refractivity contribution is -0.150. The van der Waals surface area contributed by atoms with Crippen molar-refractivity contribution in [2.75, 3.05) is 0 Å². The zero-order valence-electron chi connectivity index (χ0n) is 15.7. The first-order valence-corrected chi connectivity index (χ1v) is 8.61. The van der Waals surface area contributed by atoms with Crippen LogP contribution in [0.15, 0.2) is 54.1 Å². The van der Waals surface area contributed by atoms with E-state index in [1.165, 1.54) is 13.0 Å². The number of esters is 1. The summed E-state index contributed by atoms with van der Waals surface area (Å²) in [5.41, 5.74) is 3.72. The fourth-order valence-electron chi connectivity index (χ4n) is 2.28. The van der Waals surface area contributed by atoms with Crippen molar-refractivity contribution in [3.8, 4) is 6.07 Å². The van der Waals surface area contributed by atoms with Crippen molar-refractivity contribution in [2.24, 2.45) is 0 Å². The topological polar surface area (TPSA) is 79.2 Å². The Labute approximate surface area is 159 Å². The monoisotopic (exact) mass is 362 g/mol. The normalized spacial score (nSPS) is 12.0. The van der Waals surface area contributed by atoms with E-state index in [0.717, 1.165) is 16.7 Å². The minimum absolute atomic E-state index is 0.156. The van der Waals surface area contributed by atoms with Gasteiger partial charge in [0.2, 0.25) is 0 Å². The van der Waals surface area contributed by atoms with Crippen molar-refractivity contribution < 1.29 is 14.3 Å². The number of benzene rings is 2. The molecule has 0 unspecified atom stereocenters. The van der Waals surface area contributed by atoms with Gasteiger partial charge < -0.3 is 10.1 Å². The number of ether oxygens (including phenoxy) is 1. The summed E-state index contributed by atoms with van der Waals surface area (Å²) in [5, 5.41) is 11.9. The van der Waals surface area contributed by atoms with Crippen molar-refractivity contribution in [2.45, 2.75) is 33.4 Å². The summed E-state index contributed by atoms with van der Waals surface area (Å²) in [5.74, 6) is -1.24. The number of carbonyl (C=O) groups is 2. The van der Waals surface area contributed by atoms with Gasteiger partial charge in [-0.2, -0.15) is 5.26 Å². The number of amides is 1. The Kier molecular flexibility index (Phi) is 6.90. The van der Waals surface area contributed by atoms with Crippen LogP contribution >= 0.6 is 0 Å². The second kappa shape index (κ2) is 9.35. The fraction of sp³-hybridized carbons (Fsp3) is 0.227. The lowest BCUT2D eigenvalue weighted by atomic mass is 10.1. The number of nitrogens with one attached hydrogen (secondary N) is 1. The second-order valence-electron chi connectivity index (χ2n) is 6.33. The molecule has 0 aliphatic carbocycles. The Hall–Kier alpha value is -3.39. The maximum absolute atomic E-state index is 12.2. The van der Waals surface area contributed by atoms with Crippen LogP contribution in [0, 0.1) is 25.2 Å². The molecule has 0 heterocycles.